The van der Waals surface area contributed by atoms with E-state index >= 15 is 0 Å². The van der Waals surface area contributed by atoms with E-state index < -0.39 is 12.8 Å². The molecule has 11 heteroatoms. The van der Waals surface area contributed by atoms with Gasteiger partial charge in [-0.15, -0.1) is 5.10 Å². The van der Waals surface area contributed by atoms with Crippen LogP contribution in [-0.4, -0.2) is 57.7 Å². The quantitative estimate of drug-likeness (QED) is 0.584. The van der Waals surface area contributed by atoms with Crippen LogP contribution in [0.4, 0.5) is 13.2 Å². The summed E-state index contributed by atoms with van der Waals surface area (Å²) in [6.07, 6.45) is -2.47. The van der Waals surface area contributed by atoms with Gasteiger partial charge < -0.3 is 10.1 Å². The van der Waals surface area contributed by atoms with Crippen LogP contribution in [0.25, 0.3) is 5.78 Å². The highest BCUT2D eigenvalue weighted by atomic mass is 32.2. The third-order valence-corrected chi connectivity index (χ3v) is 3.92. The smallest absolute Gasteiger partial charge is 0.370 e. The van der Waals surface area contributed by atoms with Crippen LogP contribution >= 0.6 is 11.8 Å². The van der Waals surface area contributed by atoms with Crippen molar-refractivity contribution in [3.05, 3.63) is 17.0 Å². The number of halogens is 3. The molecule has 2 aromatic heterocycles. The Morgan fingerprint density at radius 3 is 2.68 bits per heavy atom. The summed E-state index contributed by atoms with van der Waals surface area (Å²) in [7, 11) is 0. The summed E-state index contributed by atoms with van der Waals surface area (Å²) in [5.41, 5.74) is 2.12. The first-order valence-electron chi connectivity index (χ1n) is 7.39. The largest absolute Gasteiger partial charge is 0.411 e. The molecule has 0 aliphatic rings. The van der Waals surface area contributed by atoms with Crippen molar-refractivity contribution in [2.45, 2.75) is 31.6 Å². The molecule has 0 aromatic carbocycles. The number of nitrogens with zero attached hydrogens (tertiary/aromatic N) is 4. The van der Waals surface area contributed by atoms with Crippen molar-refractivity contribution in [3.8, 4) is 0 Å². The normalized spacial score (nSPS) is 11.9. The number of hydrogen-bond donors (Lipinski definition) is 1. The SMILES string of the molecule is CSc1nc2nc(C)c(CC(=O)NCCOCC(F)(F)F)c(C)n2n1. The van der Waals surface area contributed by atoms with Gasteiger partial charge in [-0.2, -0.15) is 18.2 Å². The van der Waals surface area contributed by atoms with Gasteiger partial charge in [0, 0.05) is 23.5 Å². The summed E-state index contributed by atoms with van der Waals surface area (Å²) < 4.78 is 41.8. The zero-order valence-electron chi connectivity index (χ0n) is 14.0. The lowest BCUT2D eigenvalue weighted by molar-refractivity contribution is -0.173. The summed E-state index contributed by atoms with van der Waals surface area (Å²) in [6, 6.07) is 0. The molecule has 0 bridgehead atoms. The number of ether oxygens (including phenoxy) is 1. The summed E-state index contributed by atoms with van der Waals surface area (Å²) in [6.45, 7) is 2.06. The number of carbonyl (C=O) groups is 1. The van der Waals surface area contributed by atoms with Crippen molar-refractivity contribution in [3.63, 3.8) is 0 Å². The Morgan fingerprint density at radius 2 is 2.04 bits per heavy atom. The molecule has 0 saturated carbocycles. The highest BCUT2D eigenvalue weighted by Crippen LogP contribution is 2.17. The highest BCUT2D eigenvalue weighted by molar-refractivity contribution is 7.98. The third-order valence-electron chi connectivity index (χ3n) is 3.38. The summed E-state index contributed by atoms with van der Waals surface area (Å²) in [4.78, 5) is 20.6. The van der Waals surface area contributed by atoms with Gasteiger partial charge in [0.25, 0.3) is 5.78 Å². The van der Waals surface area contributed by atoms with Crippen molar-refractivity contribution in [1.29, 1.82) is 0 Å². The molecule has 0 aliphatic heterocycles. The average molecular weight is 377 g/mol. The molecule has 0 spiro atoms. The first-order chi connectivity index (χ1) is 11.7. The molecule has 0 saturated heterocycles. The molecular formula is C14H18F3N5O2S. The molecule has 2 heterocycles. The highest BCUT2D eigenvalue weighted by Gasteiger charge is 2.27. The molecule has 0 radical (unpaired) electrons. The number of thioether (sulfide) groups is 1. The second-order valence-corrected chi connectivity index (χ2v) is 6.04. The van der Waals surface area contributed by atoms with Gasteiger partial charge in [-0.05, 0) is 20.1 Å². The van der Waals surface area contributed by atoms with Crippen LogP contribution in [0.15, 0.2) is 5.16 Å². The minimum Gasteiger partial charge on any atom is -0.370 e. The Bertz CT molecular complexity index is 763. The molecule has 7 nitrogen and oxygen atoms in total. The maximum Gasteiger partial charge on any atom is 0.411 e. The van der Waals surface area contributed by atoms with E-state index in [9.17, 15) is 18.0 Å². The first-order valence-corrected chi connectivity index (χ1v) is 8.61. The summed E-state index contributed by atoms with van der Waals surface area (Å²) in [5.74, 6) is 0.136. The van der Waals surface area contributed by atoms with Crippen LogP contribution in [0, 0.1) is 13.8 Å². The van der Waals surface area contributed by atoms with Crippen LogP contribution in [-0.2, 0) is 16.0 Å². The van der Waals surface area contributed by atoms with Gasteiger partial charge in [-0.25, -0.2) is 9.50 Å². The second kappa shape index (κ2) is 8.00. The number of fused-ring (bicyclic) bond motifs is 1. The fourth-order valence-corrected chi connectivity index (χ4v) is 2.54. The molecule has 2 aromatic rings. The van der Waals surface area contributed by atoms with Crippen LogP contribution in [0.1, 0.15) is 17.0 Å². The average Bonchev–Trinajstić information content (AvgIpc) is 2.93. The lowest BCUT2D eigenvalue weighted by atomic mass is 10.1. The lowest BCUT2D eigenvalue weighted by Gasteiger charge is -2.11. The Balaban J connectivity index is 1.96. The molecule has 1 N–H and O–H groups in total. The predicted molar refractivity (Wildman–Crippen MR) is 85.6 cm³/mol. The summed E-state index contributed by atoms with van der Waals surface area (Å²) in [5, 5.41) is 7.41. The number of aryl methyl sites for hydroxylation is 2. The lowest BCUT2D eigenvalue weighted by Crippen LogP contribution is -2.30. The zero-order chi connectivity index (χ0) is 18.6. The fraction of sp³-hybridized carbons (Fsp3) is 0.571. The van der Waals surface area contributed by atoms with E-state index in [1.54, 1.807) is 11.4 Å². The Labute approximate surface area is 146 Å². The Kier molecular flexibility index (Phi) is 6.22. The molecule has 2 rings (SSSR count). The molecule has 138 valence electrons. The van der Waals surface area contributed by atoms with E-state index in [0.717, 1.165) is 5.69 Å². The minimum absolute atomic E-state index is 0.00261. The van der Waals surface area contributed by atoms with Gasteiger partial charge >= 0.3 is 6.18 Å². The van der Waals surface area contributed by atoms with E-state index in [1.165, 1.54) is 11.8 Å². The Hall–Kier alpha value is -1.88. The number of rotatable bonds is 7. The monoisotopic (exact) mass is 377 g/mol. The Morgan fingerprint density at radius 1 is 1.32 bits per heavy atom. The number of amides is 1. The van der Waals surface area contributed by atoms with Crippen LogP contribution in [0.3, 0.4) is 0 Å². The third kappa shape index (κ3) is 5.30. The van der Waals surface area contributed by atoms with E-state index in [4.69, 9.17) is 0 Å². The van der Waals surface area contributed by atoms with Crippen LogP contribution in [0.5, 0.6) is 0 Å². The van der Waals surface area contributed by atoms with Crippen LogP contribution < -0.4 is 5.32 Å². The van der Waals surface area contributed by atoms with Gasteiger partial charge in [0.2, 0.25) is 11.1 Å². The van der Waals surface area contributed by atoms with Gasteiger partial charge in [0.05, 0.1) is 13.0 Å². The van der Waals surface area contributed by atoms with Crippen molar-refractivity contribution >= 4 is 23.4 Å². The standard InChI is InChI=1S/C14H18F3N5O2S/c1-8-10(6-11(23)18-4-5-24-7-14(15,16)17)9(2)22-12(19-8)20-13(21-22)25-3/h4-7H2,1-3H3,(H,18,23). The van der Waals surface area contributed by atoms with Crippen molar-refractivity contribution in [2.24, 2.45) is 0 Å². The van der Waals surface area contributed by atoms with Crippen molar-refractivity contribution in [2.75, 3.05) is 26.0 Å². The fourth-order valence-electron chi connectivity index (χ4n) is 2.21. The molecule has 0 aliphatic carbocycles. The molecular weight excluding hydrogens is 359 g/mol. The van der Waals surface area contributed by atoms with Gasteiger partial charge in [0.1, 0.15) is 6.61 Å². The minimum atomic E-state index is -4.37. The molecule has 0 fully saturated rings. The van der Waals surface area contributed by atoms with Crippen molar-refractivity contribution in [1.82, 2.24) is 24.9 Å². The van der Waals surface area contributed by atoms with E-state index in [2.05, 4.69) is 25.1 Å². The molecule has 0 unspecified atom stereocenters. The number of alkyl halides is 3. The van der Waals surface area contributed by atoms with Crippen LogP contribution in [0.2, 0.25) is 0 Å². The van der Waals surface area contributed by atoms with Gasteiger partial charge in [-0.3, -0.25) is 4.79 Å². The van der Waals surface area contributed by atoms with E-state index in [1.807, 2.05) is 13.2 Å². The zero-order valence-corrected chi connectivity index (χ0v) is 14.8. The van der Waals surface area contributed by atoms with Crippen molar-refractivity contribution < 1.29 is 22.7 Å². The topological polar surface area (TPSA) is 81.4 Å². The van der Waals surface area contributed by atoms with Gasteiger partial charge in [-0.1, -0.05) is 11.8 Å². The molecule has 1 amide bonds. The maximum atomic E-state index is 12.0. The number of aromatic nitrogens is 4. The molecule has 25 heavy (non-hydrogen) atoms. The molecule has 0 atom stereocenters. The first kappa shape index (κ1) is 19.4. The number of hydrogen-bond acceptors (Lipinski definition) is 6. The van der Waals surface area contributed by atoms with E-state index in [0.29, 0.717) is 22.2 Å². The predicted octanol–water partition coefficient (Wildman–Crippen LogP) is 1.70. The second-order valence-electron chi connectivity index (χ2n) is 5.27. The van der Waals surface area contributed by atoms with Gasteiger partial charge in [0.15, 0.2) is 0 Å². The summed E-state index contributed by atoms with van der Waals surface area (Å²) >= 11 is 1.39. The number of nitrogens with one attached hydrogen (secondary N) is 1. The maximum absolute atomic E-state index is 12.0. The van der Waals surface area contributed by atoms with E-state index in [-0.39, 0.29) is 25.5 Å². The number of carbonyl (C=O) groups excluding carboxylic acids is 1.